The van der Waals surface area contributed by atoms with Crippen LogP contribution in [0.25, 0.3) is 11.6 Å². The third-order valence-electron chi connectivity index (χ3n) is 4.40. The number of hydrogen-bond donors (Lipinski definition) is 0. The lowest BCUT2D eigenvalue weighted by atomic mass is 10.0. The average Bonchev–Trinajstić information content (AvgIpc) is 2.78. The first kappa shape index (κ1) is 21.9. The van der Waals surface area contributed by atoms with Gasteiger partial charge in [-0.15, -0.1) is 0 Å². The van der Waals surface area contributed by atoms with Gasteiger partial charge < -0.3 is 9.47 Å². The van der Waals surface area contributed by atoms with Gasteiger partial charge >= 0.3 is 0 Å². The van der Waals surface area contributed by atoms with Gasteiger partial charge in [0.05, 0.1) is 23.2 Å². The van der Waals surface area contributed by atoms with Crippen molar-refractivity contribution < 1.29 is 14.4 Å². The second-order valence-electron chi connectivity index (χ2n) is 6.53. The molecule has 3 aromatic rings. The topological polar surface area (TPSA) is 85.4 Å². The molecule has 0 aliphatic heterocycles. The van der Waals surface area contributed by atoms with E-state index in [1.54, 1.807) is 48.5 Å². The smallest absolute Gasteiger partial charge is 0.269 e. The molecule has 0 amide bonds. The number of hydrogen-bond acceptors (Lipinski definition) is 5. The average molecular weight is 435 g/mol. The molecule has 0 saturated heterocycles. The fourth-order valence-electron chi connectivity index (χ4n) is 2.85. The summed E-state index contributed by atoms with van der Waals surface area (Å²) in [5.41, 5.74) is 2.88. The van der Waals surface area contributed by atoms with E-state index >= 15 is 0 Å². The molecule has 7 heteroatoms. The summed E-state index contributed by atoms with van der Waals surface area (Å²) < 4.78 is 11.6. The molecule has 0 aliphatic carbocycles. The molecule has 0 saturated carbocycles. The summed E-state index contributed by atoms with van der Waals surface area (Å²) in [4.78, 5) is 10.3. The minimum absolute atomic E-state index is 0.0314. The summed E-state index contributed by atoms with van der Waals surface area (Å²) in [6, 6.07) is 20.9. The van der Waals surface area contributed by atoms with Gasteiger partial charge in [0.15, 0.2) is 11.5 Å². The molecule has 6 nitrogen and oxygen atoms in total. The van der Waals surface area contributed by atoms with Gasteiger partial charge in [-0.3, -0.25) is 10.1 Å². The highest BCUT2D eigenvalue weighted by Crippen LogP contribution is 2.31. The first-order valence-corrected chi connectivity index (χ1v) is 9.88. The predicted molar refractivity (Wildman–Crippen MR) is 120 cm³/mol. The van der Waals surface area contributed by atoms with Crippen LogP contribution in [-0.4, -0.2) is 11.5 Å². The quantitative estimate of drug-likeness (QED) is 0.180. The number of non-ortho nitro benzene ring substituents is 1. The zero-order valence-corrected chi connectivity index (χ0v) is 17.5. The number of ether oxygens (including phenoxy) is 2. The second kappa shape index (κ2) is 10.3. The summed E-state index contributed by atoms with van der Waals surface area (Å²) in [6.45, 7) is 2.56. The number of rotatable bonds is 8. The van der Waals surface area contributed by atoms with Crippen molar-refractivity contribution in [2.24, 2.45) is 0 Å². The summed E-state index contributed by atoms with van der Waals surface area (Å²) >= 11 is 5.93. The van der Waals surface area contributed by atoms with E-state index in [0.717, 1.165) is 16.7 Å². The molecule has 0 fully saturated rings. The van der Waals surface area contributed by atoms with E-state index in [9.17, 15) is 15.4 Å². The lowest BCUT2D eigenvalue weighted by Crippen LogP contribution is -2.00. The van der Waals surface area contributed by atoms with Crippen molar-refractivity contribution in [1.29, 1.82) is 5.26 Å². The first-order chi connectivity index (χ1) is 15.0. The Kier molecular flexibility index (Phi) is 7.26. The van der Waals surface area contributed by atoms with Gasteiger partial charge in [0.25, 0.3) is 5.69 Å². The molecule has 0 aliphatic rings. The number of nitriles is 1. The number of benzene rings is 3. The Labute approximate surface area is 185 Å². The Hall–Kier alpha value is -3.82. The van der Waals surface area contributed by atoms with Crippen LogP contribution in [0.4, 0.5) is 5.69 Å². The Bertz CT molecular complexity index is 1130. The summed E-state index contributed by atoms with van der Waals surface area (Å²) in [7, 11) is 0. The van der Waals surface area contributed by atoms with Crippen molar-refractivity contribution in [3.05, 3.63) is 98.6 Å². The highest BCUT2D eigenvalue weighted by Gasteiger charge is 2.09. The van der Waals surface area contributed by atoms with Gasteiger partial charge in [-0.2, -0.15) is 5.26 Å². The van der Waals surface area contributed by atoms with E-state index in [2.05, 4.69) is 6.07 Å². The molecular weight excluding hydrogens is 416 g/mol. The Morgan fingerprint density at radius 2 is 1.77 bits per heavy atom. The van der Waals surface area contributed by atoms with E-state index < -0.39 is 4.92 Å². The van der Waals surface area contributed by atoms with Crippen molar-refractivity contribution in [3.8, 4) is 17.6 Å². The molecule has 3 rings (SSSR count). The van der Waals surface area contributed by atoms with Crippen LogP contribution in [0.15, 0.2) is 66.7 Å². The Morgan fingerprint density at radius 1 is 1.06 bits per heavy atom. The SMILES string of the molecule is CCOc1cc(/C=C(/C#N)c2ccc(Cl)cc2)ccc1OCc1ccc([N+](=O)[O-])cc1. The van der Waals surface area contributed by atoms with Gasteiger partial charge in [-0.1, -0.05) is 29.8 Å². The number of halogens is 1. The molecule has 156 valence electrons. The maximum absolute atomic E-state index is 10.8. The molecule has 0 aromatic heterocycles. The minimum Gasteiger partial charge on any atom is -0.490 e. The Morgan fingerprint density at radius 3 is 2.39 bits per heavy atom. The van der Waals surface area contributed by atoms with Crippen LogP contribution in [0.5, 0.6) is 11.5 Å². The fourth-order valence-corrected chi connectivity index (χ4v) is 2.98. The van der Waals surface area contributed by atoms with Crippen LogP contribution < -0.4 is 9.47 Å². The second-order valence-corrected chi connectivity index (χ2v) is 6.96. The molecule has 31 heavy (non-hydrogen) atoms. The van der Waals surface area contributed by atoms with Crippen molar-refractivity contribution in [2.45, 2.75) is 13.5 Å². The van der Waals surface area contributed by atoms with Crippen LogP contribution in [-0.2, 0) is 6.61 Å². The Balaban J connectivity index is 1.80. The third-order valence-corrected chi connectivity index (χ3v) is 4.65. The van der Waals surface area contributed by atoms with Crippen molar-refractivity contribution in [3.63, 3.8) is 0 Å². The zero-order chi connectivity index (χ0) is 22.2. The van der Waals surface area contributed by atoms with Crippen LogP contribution in [0.2, 0.25) is 5.02 Å². The number of allylic oxidation sites excluding steroid dienone is 1. The standard InChI is InChI=1S/C24H19ClN2O4/c1-2-30-24-14-18(13-20(15-26)19-6-8-21(25)9-7-19)5-12-23(24)31-16-17-3-10-22(11-4-17)27(28)29/h3-14H,2,16H2,1H3/b20-13-. The highest BCUT2D eigenvalue weighted by atomic mass is 35.5. The van der Waals surface area contributed by atoms with Crippen molar-refractivity contribution in [2.75, 3.05) is 6.61 Å². The van der Waals surface area contributed by atoms with Crippen LogP contribution >= 0.6 is 11.6 Å². The molecular formula is C24H19ClN2O4. The molecule has 0 radical (unpaired) electrons. The highest BCUT2D eigenvalue weighted by molar-refractivity contribution is 6.30. The van der Waals surface area contributed by atoms with Crippen molar-refractivity contribution in [1.82, 2.24) is 0 Å². The normalized spacial score (nSPS) is 10.9. The summed E-state index contributed by atoms with van der Waals surface area (Å²) in [5.74, 6) is 1.09. The fraction of sp³-hybridized carbons (Fsp3) is 0.125. The number of nitro groups is 1. The molecule has 0 N–H and O–H groups in total. The summed E-state index contributed by atoms with van der Waals surface area (Å²) in [5, 5.41) is 20.9. The van der Waals surface area contributed by atoms with Crippen LogP contribution in [0, 0.1) is 21.4 Å². The van der Waals surface area contributed by atoms with Gasteiger partial charge in [0.2, 0.25) is 0 Å². The first-order valence-electron chi connectivity index (χ1n) is 9.51. The van der Waals surface area contributed by atoms with Gasteiger partial charge in [0.1, 0.15) is 6.61 Å². The van der Waals surface area contributed by atoms with E-state index in [1.807, 2.05) is 19.1 Å². The number of nitrogens with zero attached hydrogens (tertiary/aromatic N) is 2. The number of nitro benzene ring substituents is 1. The molecule has 0 spiro atoms. The zero-order valence-electron chi connectivity index (χ0n) is 16.7. The summed E-state index contributed by atoms with van der Waals surface area (Å²) in [6.07, 6.45) is 1.77. The van der Waals surface area contributed by atoms with Crippen molar-refractivity contribution >= 4 is 28.9 Å². The molecule has 0 bridgehead atoms. The van der Waals surface area contributed by atoms with E-state index in [0.29, 0.717) is 28.7 Å². The third kappa shape index (κ3) is 5.84. The van der Waals surface area contributed by atoms with E-state index in [1.165, 1.54) is 12.1 Å². The van der Waals surface area contributed by atoms with Gasteiger partial charge in [-0.05, 0) is 66.1 Å². The van der Waals surface area contributed by atoms with E-state index in [4.69, 9.17) is 21.1 Å². The largest absolute Gasteiger partial charge is 0.490 e. The minimum atomic E-state index is -0.441. The van der Waals surface area contributed by atoms with Gasteiger partial charge in [0, 0.05) is 17.2 Å². The molecule has 0 atom stereocenters. The predicted octanol–water partition coefficient (Wildman–Crippen LogP) is 6.29. The monoisotopic (exact) mass is 434 g/mol. The lowest BCUT2D eigenvalue weighted by Gasteiger charge is -2.13. The van der Waals surface area contributed by atoms with Crippen LogP contribution in [0.1, 0.15) is 23.6 Å². The maximum Gasteiger partial charge on any atom is 0.269 e. The van der Waals surface area contributed by atoms with Crippen LogP contribution in [0.3, 0.4) is 0 Å². The van der Waals surface area contributed by atoms with Gasteiger partial charge in [-0.25, -0.2) is 0 Å². The lowest BCUT2D eigenvalue weighted by molar-refractivity contribution is -0.384. The maximum atomic E-state index is 10.8. The molecule has 0 unspecified atom stereocenters. The van der Waals surface area contributed by atoms with E-state index in [-0.39, 0.29) is 12.3 Å². The molecule has 3 aromatic carbocycles. The molecule has 0 heterocycles.